The van der Waals surface area contributed by atoms with Crippen molar-refractivity contribution in [2.24, 2.45) is 0 Å². The zero-order valence-electron chi connectivity index (χ0n) is 14.6. The first-order valence-electron chi connectivity index (χ1n) is 7.99. The van der Waals surface area contributed by atoms with Crippen molar-refractivity contribution in [3.05, 3.63) is 53.6 Å². The van der Waals surface area contributed by atoms with Crippen LogP contribution in [-0.2, 0) is 4.79 Å². The van der Waals surface area contributed by atoms with E-state index in [1.165, 1.54) is 7.11 Å². The molecule has 25 heavy (non-hydrogen) atoms. The quantitative estimate of drug-likeness (QED) is 0.811. The Morgan fingerprint density at radius 2 is 1.84 bits per heavy atom. The topological polar surface area (TPSA) is 76.7 Å². The Labute approximate surface area is 147 Å². The normalized spacial score (nSPS) is 10.0. The lowest BCUT2D eigenvalue weighted by Crippen LogP contribution is -2.33. The number of carbonyl (C=O) groups is 2. The van der Waals surface area contributed by atoms with Crippen LogP contribution in [0.15, 0.2) is 42.5 Å². The number of para-hydroxylation sites is 1. The maximum absolute atomic E-state index is 12.3. The van der Waals surface area contributed by atoms with Crippen LogP contribution in [0, 0.1) is 6.92 Å². The van der Waals surface area contributed by atoms with Gasteiger partial charge in [-0.1, -0.05) is 18.2 Å². The van der Waals surface area contributed by atoms with Crippen LogP contribution < -0.4 is 20.1 Å². The molecule has 0 saturated heterocycles. The Hall–Kier alpha value is -3.02. The molecule has 132 valence electrons. The van der Waals surface area contributed by atoms with Crippen molar-refractivity contribution in [2.45, 2.75) is 13.8 Å². The second-order valence-corrected chi connectivity index (χ2v) is 5.36. The number of carbonyl (C=O) groups excluding carboxylic acids is 2. The van der Waals surface area contributed by atoms with Gasteiger partial charge in [0, 0.05) is 0 Å². The van der Waals surface area contributed by atoms with E-state index in [9.17, 15) is 9.59 Å². The summed E-state index contributed by atoms with van der Waals surface area (Å²) in [5, 5.41) is 5.34. The second kappa shape index (κ2) is 8.73. The number of aryl methyl sites for hydroxylation is 1. The van der Waals surface area contributed by atoms with Crippen molar-refractivity contribution >= 4 is 17.5 Å². The molecule has 2 N–H and O–H groups in total. The first-order chi connectivity index (χ1) is 12.0. The van der Waals surface area contributed by atoms with Gasteiger partial charge in [0.2, 0.25) is 5.91 Å². The summed E-state index contributed by atoms with van der Waals surface area (Å²) in [4.78, 5) is 24.4. The van der Waals surface area contributed by atoms with Crippen LogP contribution in [0.25, 0.3) is 0 Å². The molecule has 0 heterocycles. The van der Waals surface area contributed by atoms with Crippen molar-refractivity contribution in [3.8, 4) is 11.5 Å². The molecule has 0 spiro atoms. The predicted octanol–water partition coefficient (Wildman–Crippen LogP) is 2.77. The molecule has 2 aromatic carbocycles. The van der Waals surface area contributed by atoms with Gasteiger partial charge in [-0.25, -0.2) is 0 Å². The minimum Gasteiger partial charge on any atom is -0.495 e. The highest BCUT2D eigenvalue weighted by molar-refractivity contribution is 6.01. The van der Waals surface area contributed by atoms with Crippen LogP contribution in [-0.4, -0.2) is 32.1 Å². The molecule has 0 atom stereocenters. The molecule has 0 aromatic heterocycles. The predicted molar refractivity (Wildman–Crippen MR) is 96.3 cm³/mol. The summed E-state index contributed by atoms with van der Waals surface area (Å²) in [5.41, 5.74) is 1.95. The van der Waals surface area contributed by atoms with E-state index in [0.29, 0.717) is 29.4 Å². The lowest BCUT2D eigenvalue weighted by atomic mass is 10.2. The van der Waals surface area contributed by atoms with Gasteiger partial charge in [-0.3, -0.25) is 9.59 Å². The number of anilines is 1. The third-order valence-corrected chi connectivity index (χ3v) is 3.47. The van der Waals surface area contributed by atoms with Gasteiger partial charge in [-0.2, -0.15) is 0 Å². The number of methoxy groups -OCH3 is 1. The minimum atomic E-state index is -0.365. The maximum atomic E-state index is 12.3. The molecular formula is C19H22N2O4. The van der Waals surface area contributed by atoms with Crippen molar-refractivity contribution in [1.29, 1.82) is 0 Å². The Bertz CT molecular complexity index is 759. The van der Waals surface area contributed by atoms with E-state index in [0.717, 1.165) is 5.56 Å². The smallest absolute Gasteiger partial charge is 0.255 e. The summed E-state index contributed by atoms with van der Waals surface area (Å²) in [6.07, 6.45) is 0. The van der Waals surface area contributed by atoms with Crippen LogP contribution in [0.2, 0.25) is 0 Å². The standard InChI is InChI=1S/C19H22N2O4/c1-4-25-16-8-6-5-7-14(16)19(23)20-12-18(22)21-15-11-13(2)9-10-17(15)24-3/h5-11H,4,12H2,1-3H3,(H,20,23)(H,21,22). The largest absolute Gasteiger partial charge is 0.495 e. The highest BCUT2D eigenvalue weighted by Gasteiger charge is 2.14. The monoisotopic (exact) mass is 342 g/mol. The Balaban J connectivity index is 1.98. The molecule has 0 saturated carbocycles. The number of rotatable bonds is 7. The number of ether oxygens (including phenoxy) is 2. The van der Waals surface area contributed by atoms with Crippen molar-refractivity contribution in [2.75, 3.05) is 25.6 Å². The zero-order valence-corrected chi connectivity index (χ0v) is 14.6. The van der Waals surface area contributed by atoms with E-state index in [1.54, 1.807) is 30.3 Å². The Kier molecular flexibility index (Phi) is 6.39. The van der Waals surface area contributed by atoms with Crippen LogP contribution in [0.4, 0.5) is 5.69 Å². The Morgan fingerprint density at radius 3 is 2.56 bits per heavy atom. The van der Waals surface area contributed by atoms with Gasteiger partial charge in [0.1, 0.15) is 11.5 Å². The second-order valence-electron chi connectivity index (χ2n) is 5.36. The fourth-order valence-corrected chi connectivity index (χ4v) is 2.31. The van der Waals surface area contributed by atoms with Crippen molar-refractivity contribution in [3.63, 3.8) is 0 Å². The van der Waals surface area contributed by atoms with Gasteiger partial charge < -0.3 is 20.1 Å². The summed E-state index contributed by atoms with van der Waals surface area (Å²) in [7, 11) is 1.53. The van der Waals surface area contributed by atoms with E-state index in [-0.39, 0.29) is 18.4 Å². The molecule has 2 amide bonds. The summed E-state index contributed by atoms with van der Waals surface area (Å²) in [6, 6.07) is 12.4. The third kappa shape index (κ3) is 4.97. The van der Waals surface area contributed by atoms with Gasteiger partial charge in [-0.15, -0.1) is 0 Å². The van der Waals surface area contributed by atoms with Gasteiger partial charge >= 0.3 is 0 Å². The third-order valence-electron chi connectivity index (χ3n) is 3.47. The average Bonchev–Trinajstić information content (AvgIpc) is 2.61. The SMILES string of the molecule is CCOc1ccccc1C(=O)NCC(=O)Nc1cc(C)ccc1OC. The summed E-state index contributed by atoms with van der Waals surface area (Å²) in [6.45, 7) is 4.06. The van der Waals surface area contributed by atoms with E-state index in [2.05, 4.69) is 10.6 Å². The molecule has 2 aromatic rings. The van der Waals surface area contributed by atoms with Crippen LogP contribution in [0.5, 0.6) is 11.5 Å². The number of amides is 2. The lowest BCUT2D eigenvalue weighted by molar-refractivity contribution is -0.115. The van der Waals surface area contributed by atoms with Gasteiger partial charge in [0.05, 0.1) is 31.5 Å². The molecule has 0 bridgehead atoms. The Morgan fingerprint density at radius 1 is 1.08 bits per heavy atom. The maximum Gasteiger partial charge on any atom is 0.255 e. The summed E-state index contributed by atoms with van der Waals surface area (Å²) in [5.74, 6) is 0.344. The minimum absolute atomic E-state index is 0.156. The summed E-state index contributed by atoms with van der Waals surface area (Å²) < 4.78 is 10.6. The fourth-order valence-electron chi connectivity index (χ4n) is 2.31. The number of hydrogen-bond donors (Lipinski definition) is 2. The van der Waals surface area contributed by atoms with Gasteiger partial charge in [0.15, 0.2) is 0 Å². The highest BCUT2D eigenvalue weighted by atomic mass is 16.5. The van der Waals surface area contributed by atoms with Crippen LogP contribution in [0.3, 0.4) is 0 Å². The lowest BCUT2D eigenvalue weighted by Gasteiger charge is -2.12. The number of benzene rings is 2. The molecule has 6 heteroatoms. The zero-order chi connectivity index (χ0) is 18.2. The average molecular weight is 342 g/mol. The van der Waals surface area contributed by atoms with Crippen molar-refractivity contribution in [1.82, 2.24) is 5.32 Å². The molecule has 6 nitrogen and oxygen atoms in total. The summed E-state index contributed by atoms with van der Waals surface area (Å²) >= 11 is 0. The number of nitrogens with one attached hydrogen (secondary N) is 2. The van der Waals surface area contributed by atoms with E-state index in [1.807, 2.05) is 26.0 Å². The molecule has 0 aliphatic rings. The number of hydrogen-bond acceptors (Lipinski definition) is 4. The molecule has 0 aliphatic heterocycles. The molecule has 0 unspecified atom stereocenters. The molecule has 2 rings (SSSR count). The highest BCUT2D eigenvalue weighted by Crippen LogP contribution is 2.25. The molecule has 0 aliphatic carbocycles. The van der Waals surface area contributed by atoms with E-state index in [4.69, 9.17) is 9.47 Å². The van der Waals surface area contributed by atoms with Crippen LogP contribution >= 0.6 is 0 Å². The molecule has 0 radical (unpaired) electrons. The first kappa shape index (κ1) is 18.3. The molecule has 0 fully saturated rings. The fraction of sp³-hybridized carbons (Fsp3) is 0.263. The van der Waals surface area contributed by atoms with Crippen molar-refractivity contribution < 1.29 is 19.1 Å². The molecular weight excluding hydrogens is 320 g/mol. The van der Waals surface area contributed by atoms with E-state index >= 15 is 0 Å². The first-order valence-corrected chi connectivity index (χ1v) is 7.99. The van der Waals surface area contributed by atoms with Crippen LogP contribution in [0.1, 0.15) is 22.8 Å². The van der Waals surface area contributed by atoms with Gasteiger partial charge in [-0.05, 0) is 43.7 Å². The van der Waals surface area contributed by atoms with Gasteiger partial charge in [0.25, 0.3) is 5.91 Å². The van der Waals surface area contributed by atoms with E-state index < -0.39 is 0 Å².